The van der Waals surface area contributed by atoms with E-state index in [-0.39, 0.29) is 5.82 Å². The molecule has 0 atom stereocenters. The summed E-state index contributed by atoms with van der Waals surface area (Å²) < 4.78 is 27.1. The third-order valence-electron chi connectivity index (χ3n) is 4.85. The highest BCUT2D eigenvalue weighted by molar-refractivity contribution is 7.73. The Kier molecular flexibility index (Phi) is 5.79. The highest BCUT2D eigenvalue weighted by atomic mass is 32.1. The molecule has 2 aromatic carbocycles. The lowest BCUT2D eigenvalue weighted by Crippen LogP contribution is -2.32. The molecule has 29 heavy (non-hydrogen) atoms. The summed E-state index contributed by atoms with van der Waals surface area (Å²) in [5.41, 5.74) is 2.86. The van der Waals surface area contributed by atoms with Crippen molar-refractivity contribution in [3.8, 4) is 11.5 Å². The molecule has 0 amide bonds. The van der Waals surface area contributed by atoms with E-state index >= 15 is 0 Å². The number of ether oxygens (including phenoxy) is 2. The van der Waals surface area contributed by atoms with E-state index in [4.69, 9.17) is 21.7 Å². The number of methoxy groups -OCH3 is 2. The van der Waals surface area contributed by atoms with Gasteiger partial charge in [0.05, 0.1) is 26.6 Å². The van der Waals surface area contributed by atoms with Crippen molar-refractivity contribution in [2.75, 3.05) is 26.1 Å². The topological polar surface area (TPSA) is 51.6 Å². The number of hydrogen-bond donors (Lipinski definition) is 1. The van der Waals surface area contributed by atoms with Crippen LogP contribution >= 0.6 is 23.6 Å². The quantitative estimate of drug-likeness (QED) is 0.575. The lowest BCUT2D eigenvalue weighted by molar-refractivity contribution is 0.188. The van der Waals surface area contributed by atoms with E-state index in [1.54, 1.807) is 37.1 Å². The van der Waals surface area contributed by atoms with Gasteiger partial charge in [-0.15, -0.1) is 5.10 Å². The van der Waals surface area contributed by atoms with E-state index in [9.17, 15) is 4.39 Å². The molecule has 3 aromatic rings. The minimum Gasteiger partial charge on any atom is -0.493 e. The van der Waals surface area contributed by atoms with Crippen LogP contribution in [0.25, 0.3) is 0 Å². The Labute approximate surface area is 177 Å². The first-order valence-electron chi connectivity index (χ1n) is 9.13. The van der Waals surface area contributed by atoms with Crippen LogP contribution in [0, 0.1) is 9.77 Å². The second-order valence-corrected chi connectivity index (χ2v) is 8.32. The monoisotopic (exact) mass is 432 g/mol. The van der Waals surface area contributed by atoms with Crippen molar-refractivity contribution in [2.45, 2.75) is 19.6 Å². The Bertz CT molecular complexity index is 1080. The largest absolute Gasteiger partial charge is 0.493 e. The van der Waals surface area contributed by atoms with Gasteiger partial charge in [0.1, 0.15) is 5.82 Å². The molecule has 1 aromatic heterocycles. The summed E-state index contributed by atoms with van der Waals surface area (Å²) in [6.07, 6.45) is 0.910. The molecule has 9 heteroatoms. The zero-order valence-corrected chi connectivity index (χ0v) is 17.8. The van der Waals surface area contributed by atoms with E-state index in [2.05, 4.69) is 21.4 Å². The van der Waals surface area contributed by atoms with E-state index in [1.807, 2.05) is 6.07 Å². The molecule has 0 saturated heterocycles. The number of fused-ring (bicyclic) bond motifs is 1. The van der Waals surface area contributed by atoms with Crippen molar-refractivity contribution in [2.24, 2.45) is 0 Å². The van der Waals surface area contributed by atoms with Crippen molar-refractivity contribution in [1.29, 1.82) is 0 Å². The summed E-state index contributed by atoms with van der Waals surface area (Å²) in [5, 5.41) is 8.11. The number of aromatic nitrogens is 2. The molecule has 4 rings (SSSR count). The molecule has 0 spiro atoms. The lowest BCUT2D eigenvalue weighted by Gasteiger charge is -2.29. The third kappa shape index (κ3) is 4.26. The molecule has 0 bridgehead atoms. The van der Waals surface area contributed by atoms with Crippen molar-refractivity contribution in [3.63, 3.8) is 0 Å². The Hall–Kier alpha value is -2.49. The summed E-state index contributed by atoms with van der Waals surface area (Å²) >= 11 is 6.79. The summed E-state index contributed by atoms with van der Waals surface area (Å²) in [6.45, 7) is 2.23. The fourth-order valence-corrected chi connectivity index (χ4v) is 4.38. The first kappa shape index (κ1) is 19.8. The standard InChI is InChI=1S/C20H21FN4O2S2/c1-26-17-9-13-7-8-24(11-14(13)10-18(17)27-2)12-25-20(28)29-19(23-25)22-16-6-4-3-5-15(16)21/h3-6,9-10H,7-8,11-12H2,1-2H3,(H,22,23). The zero-order chi connectivity index (χ0) is 20.4. The van der Waals surface area contributed by atoms with Crippen molar-refractivity contribution in [3.05, 3.63) is 57.3 Å². The fraction of sp³-hybridized carbons (Fsp3) is 0.300. The molecular weight excluding hydrogens is 411 g/mol. The van der Waals surface area contributed by atoms with Crippen LogP contribution in [0.2, 0.25) is 0 Å². The average Bonchev–Trinajstić information content (AvgIpc) is 3.07. The van der Waals surface area contributed by atoms with Gasteiger partial charge in [-0.3, -0.25) is 4.90 Å². The molecule has 152 valence electrons. The summed E-state index contributed by atoms with van der Waals surface area (Å²) in [4.78, 5) is 2.27. The number of para-hydroxylation sites is 1. The molecule has 0 fully saturated rings. The molecule has 1 aliphatic heterocycles. The van der Waals surface area contributed by atoms with Gasteiger partial charge in [0, 0.05) is 13.1 Å². The maximum atomic E-state index is 13.9. The van der Waals surface area contributed by atoms with Gasteiger partial charge in [-0.25, -0.2) is 9.07 Å². The third-order valence-corrected chi connectivity index (χ3v) is 6.08. The van der Waals surface area contributed by atoms with Crippen LogP contribution in [-0.4, -0.2) is 35.4 Å². The SMILES string of the molecule is COc1cc2c(cc1OC)CN(Cn1nc(Nc3ccccc3F)sc1=S)CC2. The Morgan fingerprint density at radius 3 is 2.62 bits per heavy atom. The van der Waals surface area contributed by atoms with Crippen LogP contribution in [0.1, 0.15) is 11.1 Å². The van der Waals surface area contributed by atoms with Gasteiger partial charge in [0.15, 0.2) is 15.5 Å². The summed E-state index contributed by atoms with van der Waals surface area (Å²) in [5.74, 6) is 1.16. The number of benzene rings is 2. The van der Waals surface area contributed by atoms with Crippen LogP contribution in [0.4, 0.5) is 15.2 Å². The minimum absolute atomic E-state index is 0.322. The Morgan fingerprint density at radius 1 is 1.17 bits per heavy atom. The molecule has 1 N–H and O–H groups in total. The van der Waals surface area contributed by atoms with Gasteiger partial charge in [-0.05, 0) is 54.0 Å². The first-order chi connectivity index (χ1) is 14.1. The smallest absolute Gasteiger partial charge is 0.209 e. The fourth-order valence-electron chi connectivity index (χ4n) is 3.38. The van der Waals surface area contributed by atoms with Gasteiger partial charge >= 0.3 is 0 Å². The Balaban J connectivity index is 1.49. The van der Waals surface area contributed by atoms with Crippen LogP contribution in [0.15, 0.2) is 36.4 Å². The molecule has 0 aliphatic carbocycles. The predicted octanol–water partition coefficient (Wildman–Crippen LogP) is 4.59. The van der Waals surface area contributed by atoms with Crippen LogP contribution < -0.4 is 14.8 Å². The van der Waals surface area contributed by atoms with E-state index in [0.29, 0.717) is 21.4 Å². The van der Waals surface area contributed by atoms with Crippen molar-refractivity contribution in [1.82, 2.24) is 14.7 Å². The van der Waals surface area contributed by atoms with Gasteiger partial charge in [-0.2, -0.15) is 0 Å². The van der Waals surface area contributed by atoms with E-state index < -0.39 is 0 Å². The second-order valence-electron chi connectivity index (χ2n) is 6.70. The normalized spacial score (nSPS) is 13.8. The van der Waals surface area contributed by atoms with Crippen LogP contribution in [-0.2, 0) is 19.6 Å². The molecule has 0 unspecified atom stereocenters. The van der Waals surface area contributed by atoms with Crippen LogP contribution in [0.3, 0.4) is 0 Å². The molecule has 1 aliphatic rings. The molecular formula is C20H21FN4O2S2. The van der Waals surface area contributed by atoms with Gasteiger partial charge in [0.2, 0.25) is 5.13 Å². The highest BCUT2D eigenvalue weighted by Gasteiger charge is 2.20. The lowest BCUT2D eigenvalue weighted by atomic mass is 9.99. The summed E-state index contributed by atoms with van der Waals surface area (Å²) in [7, 11) is 3.29. The zero-order valence-electron chi connectivity index (χ0n) is 16.1. The maximum Gasteiger partial charge on any atom is 0.209 e. The first-order valence-corrected chi connectivity index (χ1v) is 10.4. The van der Waals surface area contributed by atoms with Gasteiger partial charge < -0.3 is 14.8 Å². The molecule has 0 radical (unpaired) electrons. The van der Waals surface area contributed by atoms with E-state index in [0.717, 1.165) is 31.0 Å². The number of anilines is 2. The van der Waals surface area contributed by atoms with E-state index in [1.165, 1.54) is 28.5 Å². The second kappa shape index (κ2) is 8.48. The van der Waals surface area contributed by atoms with Gasteiger partial charge in [-0.1, -0.05) is 23.5 Å². The average molecular weight is 433 g/mol. The minimum atomic E-state index is -0.322. The Morgan fingerprint density at radius 2 is 1.90 bits per heavy atom. The maximum absolute atomic E-state index is 13.9. The number of nitrogens with zero attached hydrogens (tertiary/aromatic N) is 3. The number of hydrogen-bond acceptors (Lipinski definition) is 7. The number of rotatable bonds is 6. The molecule has 2 heterocycles. The van der Waals surface area contributed by atoms with Crippen LogP contribution in [0.5, 0.6) is 11.5 Å². The number of halogens is 1. The van der Waals surface area contributed by atoms with Crippen molar-refractivity contribution >= 4 is 34.4 Å². The number of nitrogens with one attached hydrogen (secondary N) is 1. The molecule has 6 nitrogen and oxygen atoms in total. The molecule has 0 saturated carbocycles. The highest BCUT2D eigenvalue weighted by Crippen LogP contribution is 2.33. The van der Waals surface area contributed by atoms with Crippen molar-refractivity contribution < 1.29 is 13.9 Å². The summed E-state index contributed by atoms with van der Waals surface area (Å²) in [6, 6.07) is 10.6. The van der Waals surface area contributed by atoms with Gasteiger partial charge in [0.25, 0.3) is 0 Å². The predicted molar refractivity (Wildman–Crippen MR) is 114 cm³/mol.